The van der Waals surface area contributed by atoms with Gasteiger partial charge in [0.2, 0.25) is 11.7 Å². The van der Waals surface area contributed by atoms with Crippen molar-refractivity contribution in [3.05, 3.63) is 35.4 Å². The molecule has 102 valence electrons. The van der Waals surface area contributed by atoms with Crippen LogP contribution in [0.15, 0.2) is 34.3 Å². The van der Waals surface area contributed by atoms with Gasteiger partial charge in [0.1, 0.15) is 0 Å². The van der Waals surface area contributed by atoms with Crippen LogP contribution in [0.25, 0.3) is 0 Å². The number of alkyl halides is 3. The lowest BCUT2D eigenvalue weighted by Crippen LogP contribution is -2.57. The third-order valence-electron chi connectivity index (χ3n) is 2.47. The Balaban J connectivity index is 2.46. The summed E-state index contributed by atoms with van der Waals surface area (Å²) in [5.74, 6) is -2.00. The van der Waals surface area contributed by atoms with Gasteiger partial charge in [-0.3, -0.25) is 5.73 Å². The first-order valence-electron chi connectivity index (χ1n) is 5.15. The van der Waals surface area contributed by atoms with Crippen molar-refractivity contribution in [1.29, 1.82) is 0 Å². The van der Waals surface area contributed by atoms with Gasteiger partial charge >= 0.3 is 6.18 Å². The molecule has 19 heavy (non-hydrogen) atoms. The van der Waals surface area contributed by atoms with Gasteiger partial charge in [-0.1, -0.05) is 12.1 Å². The van der Waals surface area contributed by atoms with Gasteiger partial charge in [-0.05, 0) is 12.1 Å². The van der Waals surface area contributed by atoms with Gasteiger partial charge in [0.15, 0.2) is 5.96 Å². The zero-order valence-corrected chi connectivity index (χ0v) is 9.57. The number of hydrogen-bond acceptors (Lipinski definition) is 6. The van der Waals surface area contributed by atoms with Gasteiger partial charge in [0.25, 0.3) is 0 Å². The summed E-state index contributed by atoms with van der Waals surface area (Å²) < 4.78 is 37.9. The van der Waals surface area contributed by atoms with Crippen LogP contribution in [0.1, 0.15) is 11.1 Å². The van der Waals surface area contributed by atoms with E-state index in [1.165, 1.54) is 12.1 Å². The van der Waals surface area contributed by atoms with Gasteiger partial charge < -0.3 is 16.8 Å². The summed E-state index contributed by atoms with van der Waals surface area (Å²) in [5.41, 5.74) is 15.9. The number of halogens is 3. The molecule has 1 atom stereocenters. The Kier molecular flexibility index (Phi) is 2.85. The van der Waals surface area contributed by atoms with Gasteiger partial charge in [0.05, 0.1) is 5.56 Å². The average Bonchev–Trinajstić information content (AvgIpc) is 2.26. The first-order chi connectivity index (χ1) is 8.71. The third kappa shape index (κ3) is 2.60. The van der Waals surface area contributed by atoms with Crippen LogP contribution in [0.3, 0.4) is 0 Å². The topological polar surface area (TPSA) is 115 Å². The van der Waals surface area contributed by atoms with Crippen molar-refractivity contribution < 1.29 is 13.2 Å². The summed E-state index contributed by atoms with van der Waals surface area (Å²) in [6.45, 7) is 0. The van der Waals surface area contributed by atoms with E-state index in [9.17, 15) is 13.2 Å². The molecule has 9 heteroatoms. The second kappa shape index (κ2) is 4.12. The Morgan fingerprint density at radius 2 is 1.89 bits per heavy atom. The zero-order chi connectivity index (χ0) is 14.3. The van der Waals surface area contributed by atoms with Crippen LogP contribution < -0.4 is 22.5 Å². The Morgan fingerprint density at radius 3 is 2.47 bits per heavy atom. The largest absolute Gasteiger partial charge is 0.416 e. The maximum atomic E-state index is 12.6. The molecule has 0 saturated carbocycles. The first kappa shape index (κ1) is 13.1. The number of nitrogens with two attached hydrogens (primary N) is 3. The van der Waals surface area contributed by atoms with Crippen molar-refractivity contribution in [1.82, 2.24) is 5.32 Å². The maximum absolute atomic E-state index is 12.6. The summed E-state index contributed by atoms with van der Waals surface area (Å²) in [4.78, 5) is 7.37. The van der Waals surface area contributed by atoms with Gasteiger partial charge in [-0.15, -0.1) is 0 Å². The van der Waals surface area contributed by atoms with Crippen LogP contribution in [0.5, 0.6) is 0 Å². The summed E-state index contributed by atoms with van der Waals surface area (Å²) in [5, 5.41) is 2.49. The van der Waals surface area contributed by atoms with Gasteiger partial charge in [-0.25, -0.2) is 4.99 Å². The monoisotopic (exact) mass is 272 g/mol. The molecule has 7 N–H and O–H groups in total. The number of rotatable bonds is 1. The van der Waals surface area contributed by atoms with E-state index in [4.69, 9.17) is 17.2 Å². The first-order valence-corrected chi connectivity index (χ1v) is 5.15. The van der Waals surface area contributed by atoms with Crippen LogP contribution in [-0.2, 0) is 12.0 Å². The molecular formula is C10H11F3N6. The molecule has 6 nitrogen and oxygen atoms in total. The van der Waals surface area contributed by atoms with Crippen LogP contribution in [-0.4, -0.2) is 11.9 Å². The van der Waals surface area contributed by atoms with Crippen molar-refractivity contribution in [3.63, 3.8) is 0 Å². The fourth-order valence-corrected chi connectivity index (χ4v) is 1.65. The molecule has 0 fully saturated rings. The molecule has 1 aromatic rings. The van der Waals surface area contributed by atoms with Crippen molar-refractivity contribution in [3.8, 4) is 0 Å². The minimum Gasteiger partial charge on any atom is -0.369 e. The van der Waals surface area contributed by atoms with Crippen LogP contribution >= 0.6 is 0 Å². The van der Waals surface area contributed by atoms with E-state index >= 15 is 0 Å². The molecule has 0 amide bonds. The number of nitrogens with one attached hydrogen (secondary N) is 1. The molecule has 0 aliphatic carbocycles. The Hall–Kier alpha value is -2.29. The van der Waals surface area contributed by atoms with Crippen molar-refractivity contribution in [2.75, 3.05) is 0 Å². The number of hydrogen-bond donors (Lipinski definition) is 4. The highest BCUT2D eigenvalue weighted by molar-refractivity contribution is 5.95. The Morgan fingerprint density at radius 1 is 1.21 bits per heavy atom. The molecule has 1 aliphatic heterocycles. The van der Waals surface area contributed by atoms with E-state index in [1.54, 1.807) is 0 Å². The average molecular weight is 272 g/mol. The van der Waals surface area contributed by atoms with Gasteiger partial charge in [-0.2, -0.15) is 18.2 Å². The van der Waals surface area contributed by atoms with E-state index in [-0.39, 0.29) is 17.5 Å². The molecule has 1 unspecified atom stereocenters. The molecule has 0 radical (unpaired) electrons. The molecule has 2 rings (SSSR count). The minimum atomic E-state index is -4.48. The molecule has 0 saturated heterocycles. The van der Waals surface area contributed by atoms with Crippen LogP contribution in [0, 0.1) is 0 Å². The van der Waals surface area contributed by atoms with Crippen molar-refractivity contribution >= 4 is 11.9 Å². The maximum Gasteiger partial charge on any atom is 0.416 e. The highest BCUT2D eigenvalue weighted by Crippen LogP contribution is 2.31. The molecule has 1 aromatic carbocycles. The predicted molar refractivity (Wildman–Crippen MR) is 63.7 cm³/mol. The summed E-state index contributed by atoms with van der Waals surface area (Å²) >= 11 is 0. The minimum absolute atomic E-state index is 0.0723. The normalized spacial score (nSPS) is 23.4. The highest BCUT2D eigenvalue weighted by atomic mass is 19.4. The number of aliphatic imine (C=N–C) groups is 2. The lowest BCUT2D eigenvalue weighted by molar-refractivity contribution is -0.137. The standard InChI is InChI=1S/C10H11F3N6/c11-9(12,13)5-2-1-3-6(4-5)10(16)18-7(14)17-8(15)19-10/h1-4H,16H2,(H5,14,15,17,18,19). The van der Waals surface area contributed by atoms with Gasteiger partial charge in [0, 0.05) is 5.56 Å². The molecular weight excluding hydrogens is 261 g/mol. The molecule has 0 aromatic heterocycles. The highest BCUT2D eigenvalue weighted by Gasteiger charge is 2.35. The van der Waals surface area contributed by atoms with E-state index < -0.39 is 17.5 Å². The Bertz CT molecular complexity index is 565. The fourth-order valence-electron chi connectivity index (χ4n) is 1.65. The molecule has 1 aliphatic rings. The lowest BCUT2D eigenvalue weighted by Gasteiger charge is -2.30. The molecule has 1 heterocycles. The SMILES string of the molecule is NC1=NC(N)(c2cccc(C(F)(F)F)c2)NC(N)=N1. The van der Waals surface area contributed by atoms with Crippen molar-refractivity contribution in [2.45, 2.75) is 12.0 Å². The van der Waals surface area contributed by atoms with Crippen LogP contribution in [0.2, 0.25) is 0 Å². The third-order valence-corrected chi connectivity index (χ3v) is 2.47. The molecule has 0 spiro atoms. The summed E-state index contributed by atoms with van der Waals surface area (Å²) in [6, 6.07) is 4.42. The number of benzene rings is 1. The summed E-state index contributed by atoms with van der Waals surface area (Å²) in [7, 11) is 0. The fraction of sp³-hybridized carbons (Fsp3) is 0.200. The lowest BCUT2D eigenvalue weighted by atomic mass is 10.0. The van der Waals surface area contributed by atoms with E-state index in [1.807, 2.05) is 0 Å². The quantitative estimate of drug-likeness (QED) is 0.576. The summed E-state index contributed by atoms with van der Waals surface area (Å²) in [6.07, 6.45) is -4.48. The van der Waals surface area contributed by atoms with E-state index in [2.05, 4.69) is 15.3 Å². The zero-order valence-electron chi connectivity index (χ0n) is 9.57. The predicted octanol–water partition coefficient (Wildman–Crippen LogP) is 0.00700. The number of nitrogens with zero attached hydrogens (tertiary/aromatic N) is 2. The second-order valence-corrected chi connectivity index (χ2v) is 3.94. The van der Waals surface area contributed by atoms with E-state index in [0.717, 1.165) is 12.1 Å². The van der Waals surface area contributed by atoms with Crippen molar-refractivity contribution in [2.24, 2.45) is 27.2 Å². The Labute approximate surface area is 106 Å². The smallest absolute Gasteiger partial charge is 0.369 e. The van der Waals surface area contributed by atoms with E-state index in [0.29, 0.717) is 0 Å². The second-order valence-electron chi connectivity index (χ2n) is 3.94. The number of guanidine groups is 2. The molecule has 0 bridgehead atoms. The van der Waals surface area contributed by atoms with Crippen LogP contribution in [0.4, 0.5) is 13.2 Å².